The number of carbonyl (C=O) groups is 1. The summed E-state index contributed by atoms with van der Waals surface area (Å²) in [4.78, 5) is 11.3. The number of sulfone groups is 1. The number of aromatic nitrogens is 2. The molecule has 0 aliphatic heterocycles. The predicted molar refractivity (Wildman–Crippen MR) is 67.5 cm³/mol. The van der Waals surface area contributed by atoms with E-state index in [1.54, 1.807) is 0 Å². The van der Waals surface area contributed by atoms with E-state index in [-0.39, 0.29) is 10.7 Å². The first-order chi connectivity index (χ1) is 8.43. The molecule has 1 aromatic rings. The van der Waals surface area contributed by atoms with Crippen molar-refractivity contribution in [3.05, 3.63) is 6.20 Å². The van der Waals surface area contributed by atoms with Gasteiger partial charge in [0, 0.05) is 19.5 Å². The van der Waals surface area contributed by atoms with Crippen LogP contribution in [0.25, 0.3) is 0 Å². The highest BCUT2D eigenvalue weighted by Crippen LogP contribution is 2.18. The molecule has 3 N–H and O–H groups in total. The topological polar surface area (TPSA) is 141 Å². The maximum atomic E-state index is 11.7. The molecule has 0 saturated heterocycles. The minimum Gasteiger partial charge on any atom is -0.307 e. The summed E-state index contributed by atoms with van der Waals surface area (Å²) in [6, 6.07) is 0. The van der Waals surface area contributed by atoms with E-state index >= 15 is 0 Å². The van der Waals surface area contributed by atoms with Gasteiger partial charge >= 0.3 is 0 Å². The molecule has 0 spiro atoms. The van der Waals surface area contributed by atoms with Crippen molar-refractivity contribution >= 4 is 31.6 Å². The van der Waals surface area contributed by atoms with E-state index in [9.17, 15) is 21.6 Å². The second-order valence-electron chi connectivity index (χ2n) is 4.02. The molecule has 0 aliphatic rings. The lowest BCUT2D eigenvalue weighted by molar-refractivity contribution is -0.115. The molecule has 1 aromatic heterocycles. The second-order valence-corrected chi connectivity index (χ2v) is 7.92. The van der Waals surface area contributed by atoms with Gasteiger partial charge in [-0.05, 0) is 6.92 Å². The molecule has 108 valence electrons. The normalized spacial score (nSPS) is 14.1. The second kappa shape index (κ2) is 4.90. The van der Waals surface area contributed by atoms with Crippen LogP contribution in [0, 0.1) is 0 Å². The number of carbonyl (C=O) groups excluding carboxylic acids is 1. The minimum absolute atomic E-state index is 0.300. The minimum atomic E-state index is -4.07. The summed E-state index contributed by atoms with van der Waals surface area (Å²) in [6.45, 7) is 1.18. The number of anilines is 1. The molecule has 1 rings (SSSR count). The Labute approximate surface area is 110 Å². The zero-order valence-corrected chi connectivity index (χ0v) is 12.1. The lowest BCUT2D eigenvalue weighted by Crippen LogP contribution is -2.32. The number of aryl methyl sites for hydroxylation is 1. The van der Waals surface area contributed by atoms with Gasteiger partial charge in [0.2, 0.25) is 15.9 Å². The molecule has 0 bridgehead atoms. The van der Waals surface area contributed by atoms with Crippen LogP contribution in [0.5, 0.6) is 0 Å². The maximum Gasteiger partial charge on any atom is 0.243 e. The molecule has 1 atom stereocenters. The number of nitrogens with zero attached hydrogens (tertiary/aromatic N) is 2. The van der Waals surface area contributed by atoms with Crippen molar-refractivity contribution in [1.82, 2.24) is 9.78 Å². The first kappa shape index (κ1) is 15.6. The summed E-state index contributed by atoms with van der Waals surface area (Å²) in [5.74, 6) is -1.18. The third kappa shape index (κ3) is 3.75. The highest BCUT2D eigenvalue weighted by molar-refractivity contribution is 7.92. The number of nitrogens with one attached hydrogen (secondary N) is 1. The highest BCUT2D eigenvalue weighted by Gasteiger charge is 2.27. The van der Waals surface area contributed by atoms with E-state index in [2.05, 4.69) is 10.4 Å². The molecule has 1 heterocycles. The van der Waals surface area contributed by atoms with Crippen molar-refractivity contribution in [3.63, 3.8) is 0 Å². The molecule has 0 fully saturated rings. The first-order valence-electron chi connectivity index (χ1n) is 4.99. The molecule has 11 heteroatoms. The van der Waals surface area contributed by atoms with Gasteiger partial charge in [0.1, 0.15) is 10.1 Å². The molecule has 19 heavy (non-hydrogen) atoms. The summed E-state index contributed by atoms with van der Waals surface area (Å²) < 4.78 is 46.1. The van der Waals surface area contributed by atoms with E-state index in [0.717, 1.165) is 17.1 Å². The predicted octanol–water partition coefficient (Wildman–Crippen LogP) is -1.56. The van der Waals surface area contributed by atoms with Crippen molar-refractivity contribution in [2.45, 2.75) is 17.1 Å². The van der Waals surface area contributed by atoms with Crippen molar-refractivity contribution in [3.8, 4) is 0 Å². The highest BCUT2D eigenvalue weighted by atomic mass is 32.2. The van der Waals surface area contributed by atoms with Crippen molar-refractivity contribution in [1.29, 1.82) is 0 Å². The number of rotatable bonds is 4. The molecule has 0 radical (unpaired) electrons. The molecular formula is C8H14N4O5S2. The lowest BCUT2D eigenvalue weighted by Gasteiger charge is -2.09. The van der Waals surface area contributed by atoms with Crippen molar-refractivity contribution in [2.75, 3.05) is 11.6 Å². The molecule has 0 aliphatic carbocycles. The lowest BCUT2D eigenvalue weighted by atomic mass is 10.4. The van der Waals surface area contributed by atoms with Crippen molar-refractivity contribution < 1.29 is 21.6 Å². The Morgan fingerprint density at radius 2 is 1.95 bits per heavy atom. The maximum absolute atomic E-state index is 11.7. The Morgan fingerprint density at radius 3 is 2.37 bits per heavy atom. The Morgan fingerprint density at radius 1 is 1.42 bits per heavy atom. The quantitative estimate of drug-likeness (QED) is 0.689. The fourth-order valence-electron chi connectivity index (χ4n) is 1.17. The monoisotopic (exact) mass is 310 g/mol. The van der Waals surface area contributed by atoms with Gasteiger partial charge in [-0.1, -0.05) is 0 Å². The average Bonchev–Trinajstić information content (AvgIpc) is 2.56. The van der Waals surface area contributed by atoms with Crippen LogP contribution in [0.4, 0.5) is 5.82 Å². The summed E-state index contributed by atoms with van der Waals surface area (Å²) in [6.07, 6.45) is 2.01. The fourth-order valence-corrected chi connectivity index (χ4v) is 2.28. The van der Waals surface area contributed by atoms with E-state index in [0.29, 0.717) is 0 Å². The zero-order valence-electron chi connectivity index (χ0n) is 10.5. The third-order valence-electron chi connectivity index (χ3n) is 2.35. The van der Waals surface area contributed by atoms with Gasteiger partial charge in [-0.3, -0.25) is 9.48 Å². The van der Waals surface area contributed by atoms with Crippen LogP contribution in [0.15, 0.2) is 11.1 Å². The Hall–Kier alpha value is -1.46. The van der Waals surface area contributed by atoms with Crippen LogP contribution in [0.1, 0.15) is 6.92 Å². The van der Waals surface area contributed by atoms with Crippen molar-refractivity contribution in [2.24, 2.45) is 12.2 Å². The van der Waals surface area contributed by atoms with Gasteiger partial charge in [0.25, 0.3) is 0 Å². The molecule has 0 saturated carbocycles. The Bertz CT molecular complexity index is 703. The van der Waals surface area contributed by atoms with E-state index in [1.165, 1.54) is 14.0 Å². The summed E-state index contributed by atoms with van der Waals surface area (Å²) in [5, 5.41) is 9.47. The number of sulfonamides is 1. The molecule has 0 aromatic carbocycles. The summed E-state index contributed by atoms with van der Waals surface area (Å²) in [7, 11) is -6.22. The van der Waals surface area contributed by atoms with Gasteiger partial charge in [0.05, 0.1) is 0 Å². The van der Waals surface area contributed by atoms with Crippen LogP contribution in [0.2, 0.25) is 0 Å². The van der Waals surface area contributed by atoms with E-state index in [1.807, 2.05) is 0 Å². The molecule has 1 unspecified atom stereocenters. The smallest absolute Gasteiger partial charge is 0.243 e. The van der Waals surface area contributed by atoms with Gasteiger partial charge in [0.15, 0.2) is 15.7 Å². The Balaban J connectivity index is 3.12. The molecular weight excluding hydrogens is 296 g/mol. The summed E-state index contributed by atoms with van der Waals surface area (Å²) >= 11 is 0. The fraction of sp³-hybridized carbons (Fsp3) is 0.500. The SMILES string of the molecule is CC(C(=O)Nc1nn(C)cc1S(N)(=O)=O)S(C)(=O)=O. The van der Waals surface area contributed by atoms with Crippen LogP contribution in [-0.4, -0.2) is 44.0 Å². The molecule has 1 amide bonds. The Kier molecular flexibility index (Phi) is 4.03. The third-order valence-corrected chi connectivity index (χ3v) is 4.77. The van der Waals surface area contributed by atoms with Crippen LogP contribution in [0.3, 0.4) is 0 Å². The number of primary sulfonamides is 1. The van der Waals surface area contributed by atoms with Gasteiger partial charge < -0.3 is 5.32 Å². The van der Waals surface area contributed by atoms with Crippen LogP contribution >= 0.6 is 0 Å². The first-order valence-corrected chi connectivity index (χ1v) is 8.49. The average molecular weight is 310 g/mol. The zero-order chi connectivity index (χ0) is 15.0. The van der Waals surface area contributed by atoms with E-state index < -0.39 is 31.0 Å². The number of nitrogens with two attached hydrogens (primary N) is 1. The largest absolute Gasteiger partial charge is 0.307 e. The van der Waals surface area contributed by atoms with E-state index in [4.69, 9.17) is 5.14 Å². The number of hydrogen-bond donors (Lipinski definition) is 2. The van der Waals surface area contributed by atoms with Gasteiger partial charge in [-0.2, -0.15) is 5.10 Å². The molecule has 9 nitrogen and oxygen atoms in total. The number of amides is 1. The van der Waals surface area contributed by atoms with Crippen LogP contribution in [-0.2, 0) is 31.7 Å². The van der Waals surface area contributed by atoms with Gasteiger partial charge in [-0.25, -0.2) is 22.0 Å². The standard InChI is InChI=1S/C8H14N4O5S2/c1-5(18(3,14)15)8(13)10-7-6(19(9,16)17)4-12(2)11-7/h4-5H,1-3H3,(H2,9,16,17)(H,10,11,13). The summed E-state index contributed by atoms with van der Waals surface area (Å²) in [5.41, 5.74) is 0. The number of hydrogen-bond acceptors (Lipinski definition) is 6. The van der Waals surface area contributed by atoms with Crippen LogP contribution < -0.4 is 10.5 Å². The van der Waals surface area contributed by atoms with Gasteiger partial charge in [-0.15, -0.1) is 0 Å².